The molecule has 4 rings (SSSR count). The Bertz CT molecular complexity index is 1320. The number of para-hydroxylation sites is 1. The van der Waals surface area contributed by atoms with E-state index in [1.54, 1.807) is 16.8 Å². The van der Waals surface area contributed by atoms with Crippen molar-refractivity contribution < 1.29 is 14.0 Å². The molecule has 4 aromatic rings. The van der Waals surface area contributed by atoms with Crippen LogP contribution >= 0.6 is 0 Å². The van der Waals surface area contributed by atoms with Gasteiger partial charge in [-0.3, -0.25) is 9.59 Å². The first-order valence-corrected chi connectivity index (χ1v) is 12.1. The van der Waals surface area contributed by atoms with Crippen molar-refractivity contribution in [3.63, 3.8) is 0 Å². The fraction of sp³-hybridized carbons (Fsp3) is 0.276. The van der Waals surface area contributed by atoms with Gasteiger partial charge in [-0.15, -0.1) is 0 Å². The number of amides is 2. The summed E-state index contributed by atoms with van der Waals surface area (Å²) < 4.78 is 7.08. The van der Waals surface area contributed by atoms with Crippen LogP contribution in [0.5, 0.6) is 0 Å². The summed E-state index contributed by atoms with van der Waals surface area (Å²) in [4.78, 5) is 27.9. The fourth-order valence-corrected chi connectivity index (χ4v) is 3.89. The van der Waals surface area contributed by atoms with Gasteiger partial charge in [-0.05, 0) is 42.7 Å². The molecule has 7 nitrogen and oxygen atoms in total. The van der Waals surface area contributed by atoms with Gasteiger partial charge >= 0.3 is 0 Å². The van der Waals surface area contributed by atoms with E-state index in [0.29, 0.717) is 18.8 Å². The van der Waals surface area contributed by atoms with Crippen LogP contribution in [0, 0.1) is 6.92 Å². The molecule has 2 aromatic carbocycles. The molecule has 2 aromatic heterocycles. The zero-order valence-electron chi connectivity index (χ0n) is 21.2. The Balaban J connectivity index is 1.57. The molecular formula is C29H32N4O3. The van der Waals surface area contributed by atoms with Crippen molar-refractivity contribution in [3.05, 3.63) is 102 Å². The summed E-state index contributed by atoms with van der Waals surface area (Å²) >= 11 is 0. The maximum Gasteiger partial charge on any atom is 0.290 e. The first-order valence-electron chi connectivity index (χ1n) is 12.1. The van der Waals surface area contributed by atoms with Crippen LogP contribution in [-0.2, 0) is 16.6 Å². The number of hydrogen-bond acceptors (Lipinski definition) is 4. The Labute approximate surface area is 211 Å². The van der Waals surface area contributed by atoms with Crippen LogP contribution in [-0.4, -0.2) is 39.6 Å². The summed E-state index contributed by atoms with van der Waals surface area (Å²) in [6.07, 6.45) is 2.08. The topological polar surface area (TPSA) is 80.4 Å². The van der Waals surface area contributed by atoms with E-state index in [4.69, 9.17) is 9.52 Å². The lowest BCUT2D eigenvalue weighted by atomic mass is 9.92. The van der Waals surface area contributed by atoms with Gasteiger partial charge in [-0.1, -0.05) is 69.3 Å². The fourth-order valence-electron chi connectivity index (χ4n) is 3.89. The van der Waals surface area contributed by atoms with E-state index in [1.807, 2.05) is 67.6 Å². The minimum atomic E-state index is -0.325. The molecule has 0 fully saturated rings. The van der Waals surface area contributed by atoms with Gasteiger partial charge in [0, 0.05) is 18.0 Å². The van der Waals surface area contributed by atoms with Gasteiger partial charge in [0.25, 0.3) is 5.91 Å². The van der Waals surface area contributed by atoms with Crippen LogP contribution in [0.1, 0.15) is 48.1 Å². The van der Waals surface area contributed by atoms with Crippen molar-refractivity contribution in [2.45, 2.75) is 39.5 Å². The zero-order chi connectivity index (χ0) is 25.7. The molecule has 0 spiro atoms. The van der Waals surface area contributed by atoms with Crippen LogP contribution in [0.4, 0.5) is 5.82 Å². The standard InChI is InChI=1S/C29H32N4O3/c1-21-11-8-9-14-23(21)33-26(19-25(31-33)29(2,3)4)30-27(34)20-32(28(35)24-15-10-18-36-24)17-16-22-12-6-5-7-13-22/h5-15,18-19H,16-17,20H2,1-4H3,(H,30,34). The largest absolute Gasteiger partial charge is 0.459 e. The van der Waals surface area contributed by atoms with E-state index in [-0.39, 0.29) is 29.5 Å². The minimum Gasteiger partial charge on any atom is -0.459 e. The number of rotatable bonds is 8. The molecule has 2 heterocycles. The zero-order valence-corrected chi connectivity index (χ0v) is 21.2. The monoisotopic (exact) mass is 484 g/mol. The van der Waals surface area contributed by atoms with E-state index in [1.165, 1.54) is 11.2 Å². The molecule has 186 valence electrons. The van der Waals surface area contributed by atoms with Crippen molar-refractivity contribution in [1.29, 1.82) is 0 Å². The number of aromatic nitrogens is 2. The van der Waals surface area contributed by atoms with Gasteiger partial charge in [0.05, 0.1) is 17.6 Å². The Morgan fingerprint density at radius 3 is 2.39 bits per heavy atom. The predicted octanol–water partition coefficient (Wildman–Crippen LogP) is 5.39. The first-order chi connectivity index (χ1) is 17.2. The van der Waals surface area contributed by atoms with Gasteiger partial charge in [-0.25, -0.2) is 4.68 Å². The van der Waals surface area contributed by atoms with Crippen LogP contribution < -0.4 is 5.32 Å². The van der Waals surface area contributed by atoms with E-state index >= 15 is 0 Å². The second kappa shape index (κ2) is 10.6. The summed E-state index contributed by atoms with van der Waals surface area (Å²) in [5.41, 5.74) is 3.66. The molecule has 0 saturated carbocycles. The smallest absolute Gasteiger partial charge is 0.290 e. The van der Waals surface area contributed by atoms with Crippen molar-refractivity contribution in [3.8, 4) is 5.69 Å². The van der Waals surface area contributed by atoms with Crippen molar-refractivity contribution in [2.75, 3.05) is 18.4 Å². The van der Waals surface area contributed by atoms with Crippen LogP contribution in [0.3, 0.4) is 0 Å². The number of anilines is 1. The Morgan fingerprint density at radius 2 is 1.72 bits per heavy atom. The number of furan rings is 1. The van der Waals surface area contributed by atoms with Gasteiger partial charge in [0.2, 0.25) is 5.91 Å². The van der Waals surface area contributed by atoms with E-state index in [9.17, 15) is 9.59 Å². The van der Waals surface area contributed by atoms with Crippen molar-refractivity contribution in [1.82, 2.24) is 14.7 Å². The lowest BCUT2D eigenvalue weighted by molar-refractivity contribution is -0.117. The molecule has 1 N–H and O–H groups in total. The minimum absolute atomic E-state index is 0.115. The molecule has 0 saturated heterocycles. The predicted molar refractivity (Wildman–Crippen MR) is 140 cm³/mol. The lowest BCUT2D eigenvalue weighted by Gasteiger charge is -2.21. The summed E-state index contributed by atoms with van der Waals surface area (Å²) in [5.74, 6) is 0.135. The number of benzene rings is 2. The van der Waals surface area contributed by atoms with Gasteiger partial charge in [0.1, 0.15) is 12.4 Å². The molecule has 0 aliphatic carbocycles. The molecule has 7 heteroatoms. The van der Waals surface area contributed by atoms with Crippen molar-refractivity contribution in [2.24, 2.45) is 0 Å². The highest BCUT2D eigenvalue weighted by atomic mass is 16.3. The summed E-state index contributed by atoms with van der Waals surface area (Å²) in [5, 5.41) is 7.80. The highest BCUT2D eigenvalue weighted by Gasteiger charge is 2.24. The third-order valence-electron chi connectivity index (χ3n) is 5.96. The molecular weight excluding hydrogens is 452 g/mol. The second-order valence-corrected chi connectivity index (χ2v) is 9.85. The Morgan fingerprint density at radius 1 is 1.00 bits per heavy atom. The highest BCUT2D eigenvalue weighted by molar-refractivity contribution is 5.98. The summed E-state index contributed by atoms with van der Waals surface area (Å²) in [7, 11) is 0. The van der Waals surface area contributed by atoms with Crippen LogP contribution in [0.2, 0.25) is 0 Å². The van der Waals surface area contributed by atoms with E-state index in [0.717, 1.165) is 22.5 Å². The van der Waals surface area contributed by atoms with Gasteiger partial charge in [-0.2, -0.15) is 5.10 Å². The molecule has 36 heavy (non-hydrogen) atoms. The molecule has 0 atom stereocenters. The summed E-state index contributed by atoms with van der Waals surface area (Å²) in [6, 6.07) is 22.9. The number of aryl methyl sites for hydroxylation is 1. The lowest BCUT2D eigenvalue weighted by Crippen LogP contribution is -2.39. The number of carbonyl (C=O) groups is 2. The Hall–Kier alpha value is -4.13. The van der Waals surface area contributed by atoms with Crippen molar-refractivity contribution >= 4 is 17.6 Å². The average molecular weight is 485 g/mol. The number of hydrogen-bond donors (Lipinski definition) is 1. The number of carbonyl (C=O) groups excluding carboxylic acids is 2. The quantitative estimate of drug-likeness (QED) is 0.363. The summed E-state index contributed by atoms with van der Waals surface area (Å²) in [6.45, 7) is 8.51. The molecule has 0 bridgehead atoms. The average Bonchev–Trinajstić information content (AvgIpc) is 3.53. The molecule has 0 radical (unpaired) electrons. The SMILES string of the molecule is Cc1ccccc1-n1nc(C(C)(C)C)cc1NC(=O)CN(CCc1ccccc1)C(=O)c1ccco1. The van der Waals surface area contributed by atoms with Crippen LogP contribution in [0.25, 0.3) is 5.69 Å². The number of nitrogens with zero attached hydrogens (tertiary/aromatic N) is 3. The normalized spacial score (nSPS) is 11.3. The van der Waals surface area contributed by atoms with E-state index in [2.05, 4.69) is 26.1 Å². The maximum absolute atomic E-state index is 13.3. The first kappa shape index (κ1) is 25.0. The number of nitrogens with one attached hydrogen (secondary N) is 1. The molecule has 0 aliphatic heterocycles. The molecule has 2 amide bonds. The third-order valence-corrected chi connectivity index (χ3v) is 5.96. The van der Waals surface area contributed by atoms with Gasteiger partial charge in [0.15, 0.2) is 5.76 Å². The second-order valence-electron chi connectivity index (χ2n) is 9.85. The Kier molecular flexibility index (Phi) is 7.38. The highest BCUT2D eigenvalue weighted by Crippen LogP contribution is 2.27. The molecule has 0 aliphatic rings. The third kappa shape index (κ3) is 5.92. The molecule has 0 unspecified atom stereocenters. The van der Waals surface area contributed by atoms with Gasteiger partial charge < -0.3 is 14.6 Å². The maximum atomic E-state index is 13.3. The van der Waals surface area contributed by atoms with Crippen LogP contribution in [0.15, 0.2) is 83.5 Å². The van der Waals surface area contributed by atoms with E-state index < -0.39 is 0 Å².